The molecule has 1 heterocycles. The average Bonchev–Trinajstić information content (AvgIpc) is 2.77. The second-order valence-corrected chi connectivity index (χ2v) is 6.57. The third kappa shape index (κ3) is 2.23. The SMILES string of the molecule is Cc1cc(C(C)C)c2c(c1)C(c1cccc(C)c1C)C(=O)O2. The van der Waals surface area contributed by atoms with Gasteiger partial charge >= 0.3 is 5.97 Å². The van der Waals surface area contributed by atoms with Gasteiger partial charge in [0, 0.05) is 5.56 Å². The first-order valence-electron chi connectivity index (χ1n) is 7.82. The first-order valence-corrected chi connectivity index (χ1v) is 7.82. The fourth-order valence-electron chi connectivity index (χ4n) is 3.26. The van der Waals surface area contributed by atoms with Crippen LogP contribution in [0.4, 0.5) is 0 Å². The number of carbonyl (C=O) groups is 1. The van der Waals surface area contributed by atoms with E-state index in [1.54, 1.807) is 0 Å². The van der Waals surface area contributed by atoms with Gasteiger partial charge in [-0.15, -0.1) is 0 Å². The molecule has 22 heavy (non-hydrogen) atoms. The van der Waals surface area contributed by atoms with Crippen LogP contribution in [0.3, 0.4) is 0 Å². The highest BCUT2D eigenvalue weighted by molar-refractivity contribution is 5.90. The van der Waals surface area contributed by atoms with Gasteiger partial charge in [0.1, 0.15) is 11.7 Å². The first-order chi connectivity index (χ1) is 10.4. The van der Waals surface area contributed by atoms with Crippen molar-refractivity contribution in [3.05, 3.63) is 63.7 Å². The normalized spacial score (nSPS) is 16.8. The Kier molecular flexibility index (Phi) is 3.56. The van der Waals surface area contributed by atoms with Crippen molar-refractivity contribution >= 4 is 5.97 Å². The van der Waals surface area contributed by atoms with Crippen molar-refractivity contribution in [2.45, 2.75) is 46.5 Å². The number of ether oxygens (including phenoxy) is 1. The quantitative estimate of drug-likeness (QED) is 0.588. The number of rotatable bonds is 2. The molecule has 3 rings (SSSR count). The van der Waals surface area contributed by atoms with Gasteiger partial charge in [0.25, 0.3) is 0 Å². The molecule has 2 aromatic rings. The molecule has 2 nitrogen and oxygen atoms in total. The van der Waals surface area contributed by atoms with Crippen molar-refractivity contribution in [1.29, 1.82) is 0 Å². The molecule has 0 fully saturated rings. The summed E-state index contributed by atoms with van der Waals surface area (Å²) in [6.45, 7) is 10.5. The van der Waals surface area contributed by atoms with E-state index in [1.165, 1.54) is 16.7 Å². The molecule has 0 N–H and O–H groups in total. The van der Waals surface area contributed by atoms with E-state index in [1.807, 2.05) is 12.1 Å². The number of fused-ring (bicyclic) bond motifs is 1. The lowest BCUT2D eigenvalue weighted by Crippen LogP contribution is -2.13. The lowest BCUT2D eigenvalue weighted by atomic mass is 9.85. The van der Waals surface area contributed by atoms with E-state index in [4.69, 9.17) is 4.74 Å². The summed E-state index contributed by atoms with van der Waals surface area (Å²) >= 11 is 0. The maximum atomic E-state index is 12.6. The van der Waals surface area contributed by atoms with Crippen LogP contribution in [0.1, 0.15) is 59.1 Å². The summed E-state index contributed by atoms with van der Waals surface area (Å²) in [5.41, 5.74) is 6.75. The third-order valence-electron chi connectivity index (χ3n) is 4.62. The second-order valence-electron chi connectivity index (χ2n) is 6.57. The molecule has 2 heteroatoms. The summed E-state index contributed by atoms with van der Waals surface area (Å²) in [5.74, 6) is 0.652. The number of hydrogen-bond donors (Lipinski definition) is 0. The van der Waals surface area contributed by atoms with Crippen LogP contribution in [0, 0.1) is 20.8 Å². The molecule has 1 atom stereocenters. The van der Waals surface area contributed by atoms with Crippen LogP contribution in [0.25, 0.3) is 0 Å². The molecule has 2 aromatic carbocycles. The molecule has 1 aliphatic heterocycles. The predicted octanol–water partition coefficient (Wildman–Crippen LogP) is 4.79. The van der Waals surface area contributed by atoms with Crippen LogP contribution < -0.4 is 4.74 Å². The number of benzene rings is 2. The summed E-state index contributed by atoms with van der Waals surface area (Å²) in [4.78, 5) is 12.6. The maximum Gasteiger partial charge on any atom is 0.323 e. The van der Waals surface area contributed by atoms with Crippen molar-refractivity contribution in [2.24, 2.45) is 0 Å². The Hall–Kier alpha value is -2.09. The fourth-order valence-corrected chi connectivity index (χ4v) is 3.26. The Morgan fingerprint density at radius 3 is 2.45 bits per heavy atom. The summed E-state index contributed by atoms with van der Waals surface area (Å²) in [6, 6.07) is 10.4. The third-order valence-corrected chi connectivity index (χ3v) is 4.62. The Labute approximate surface area is 132 Å². The molecule has 0 spiro atoms. The van der Waals surface area contributed by atoms with Crippen LogP contribution >= 0.6 is 0 Å². The topological polar surface area (TPSA) is 26.3 Å². The lowest BCUT2D eigenvalue weighted by Gasteiger charge is -2.15. The Bertz CT molecular complexity index is 757. The van der Waals surface area contributed by atoms with Gasteiger partial charge < -0.3 is 4.74 Å². The molecule has 0 saturated carbocycles. The summed E-state index contributed by atoms with van der Waals surface area (Å²) < 4.78 is 5.68. The van der Waals surface area contributed by atoms with E-state index >= 15 is 0 Å². The van der Waals surface area contributed by atoms with Gasteiger partial charge in [-0.3, -0.25) is 4.79 Å². The lowest BCUT2D eigenvalue weighted by molar-refractivity contribution is -0.133. The molecule has 0 aliphatic carbocycles. The highest BCUT2D eigenvalue weighted by atomic mass is 16.5. The van der Waals surface area contributed by atoms with Crippen molar-refractivity contribution in [3.63, 3.8) is 0 Å². The Balaban J connectivity index is 2.22. The Morgan fingerprint density at radius 2 is 1.77 bits per heavy atom. The monoisotopic (exact) mass is 294 g/mol. The van der Waals surface area contributed by atoms with E-state index in [9.17, 15) is 4.79 Å². The van der Waals surface area contributed by atoms with E-state index in [0.717, 1.165) is 22.4 Å². The summed E-state index contributed by atoms with van der Waals surface area (Å²) in [5, 5.41) is 0. The van der Waals surface area contributed by atoms with Gasteiger partial charge in [-0.1, -0.05) is 49.7 Å². The largest absolute Gasteiger partial charge is 0.425 e. The highest BCUT2D eigenvalue weighted by Gasteiger charge is 2.37. The van der Waals surface area contributed by atoms with E-state index < -0.39 is 0 Å². The first kappa shape index (κ1) is 14.8. The number of esters is 1. The van der Waals surface area contributed by atoms with Gasteiger partial charge in [0.2, 0.25) is 0 Å². The minimum Gasteiger partial charge on any atom is -0.425 e. The molecule has 114 valence electrons. The molecule has 0 saturated heterocycles. The van der Waals surface area contributed by atoms with E-state index in [2.05, 4.69) is 52.8 Å². The van der Waals surface area contributed by atoms with Crippen molar-refractivity contribution in [2.75, 3.05) is 0 Å². The molecule has 0 aromatic heterocycles. The summed E-state index contributed by atoms with van der Waals surface area (Å²) in [6.07, 6.45) is 0. The summed E-state index contributed by atoms with van der Waals surface area (Å²) in [7, 11) is 0. The molecule has 1 aliphatic rings. The van der Waals surface area contributed by atoms with Crippen LogP contribution in [0.5, 0.6) is 5.75 Å². The zero-order chi connectivity index (χ0) is 16.0. The molecular weight excluding hydrogens is 272 g/mol. The van der Waals surface area contributed by atoms with Gasteiger partial charge in [-0.05, 0) is 48.9 Å². The van der Waals surface area contributed by atoms with Gasteiger partial charge in [-0.25, -0.2) is 0 Å². The van der Waals surface area contributed by atoms with Crippen LogP contribution in [-0.4, -0.2) is 5.97 Å². The van der Waals surface area contributed by atoms with Gasteiger partial charge in [0.15, 0.2) is 0 Å². The zero-order valence-electron chi connectivity index (χ0n) is 13.9. The van der Waals surface area contributed by atoms with E-state index in [-0.39, 0.29) is 11.9 Å². The molecule has 0 bridgehead atoms. The van der Waals surface area contributed by atoms with Crippen LogP contribution in [-0.2, 0) is 4.79 Å². The van der Waals surface area contributed by atoms with E-state index in [0.29, 0.717) is 5.92 Å². The van der Waals surface area contributed by atoms with Crippen molar-refractivity contribution in [1.82, 2.24) is 0 Å². The number of aryl methyl sites for hydroxylation is 2. The van der Waals surface area contributed by atoms with Gasteiger partial charge in [0.05, 0.1) is 0 Å². The zero-order valence-corrected chi connectivity index (χ0v) is 13.9. The molecule has 0 radical (unpaired) electrons. The molecule has 0 amide bonds. The predicted molar refractivity (Wildman–Crippen MR) is 88.7 cm³/mol. The molecular formula is C20H22O2. The minimum absolute atomic E-state index is 0.156. The Morgan fingerprint density at radius 1 is 1.05 bits per heavy atom. The van der Waals surface area contributed by atoms with Crippen molar-refractivity contribution < 1.29 is 9.53 Å². The van der Waals surface area contributed by atoms with Crippen LogP contribution in [0.15, 0.2) is 30.3 Å². The van der Waals surface area contributed by atoms with Crippen LogP contribution in [0.2, 0.25) is 0 Å². The fraction of sp³-hybridized carbons (Fsp3) is 0.350. The smallest absolute Gasteiger partial charge is 0.323 e. The minimum atomic E-state index is -0.299. The average molecular weight is 294 g/mol. The van der Waals surface area contributed by atoms with Crippen molar-refractivity contribution in [3.8, 4) is 5.75 Å². The number of hydrogen-bond acceptors (Lipinski definition) is 2. The molecule has 1 unspecified atom stereocenters. The standard InChI is InChI=1S/C20H22O2/c1-11(2)16-9-12(3)10-17-18(20(21)22-19(16)17)15-8-6-7-13(4)14(15)5/h6-11,18H,1-5H3. The van der Waals surface area contributed by atoms with Gasteiger partial charge in [-0.2, -0.15) is 0 Å². The maximum absolute atomic E-state index is 12.6. The number of carbonyl (C=O) groups excluding carboxylic acids is 1. The second kappa shape index (κ2) is 5.28. The highest BCUT2D eigenvalue weighted by Crippen LogP contribution is 2.45.